The third-order valence-corrected chi connectivity index (χ3v) is 11.1. The van der Waals surface area contributed by atoms with Gasteiger partial charge in [-0.05, 0) is 75.8 Å². The molecule has 0 N–H and O–H groups in total. The van der Waals surface area contributed by atoms with Crippen molar-refractivity contribution in [3.8, 4) is 56.1 Å². The van der Waals surface area contributed by atoms with Crippen LogP contribution in [0.15, 0.2) is 212 Å². The van der Waals surface area contributed by atoms with E-state index in [9.17, 15) is 0 Å². The molecule has 3 aromatic heterocycles. The normalized spacial score (nSPS) is 11.6. The van der Waals surface area contributed by atoms with Crippen LogP contribution in [0, 0.1) is 0 Å². The highest BCUT2D eigenvalue weighted by molar-refractivity contribution is 6.23. The number of para-hydroxylation sites is 2. The van der Waals surface area contributed by atoms with Crippen molar-refractivity contribution in [1.82, 2.24) is 14.1 Å². The van der Waals surface area contributed by atoms with Crippen LogP contribution in [-0.2, 0) is 0 Å². The predicted octanol–water partition coefficient (Wildman–Crippen LogP) is 13.9. The minimum Gasteiger partial charge on any atom is -0.307 e. The summed E-state index contributed by atoms with van der Waals surface area (Å²) in [4.78, 5) is 5.48. The molecule has 0 bridgehead atoms. The molecule has 0 fully saturated rings. The zero-order valence-electron chi connectivity index (χ0n) is 30.5. The Bertz CT molecular complexity index is 3170. The monoisotopic (exact) mass is 713 g/mol. The summed E-state index contributed by atoms with van der Waals surface area (Å²) in [6.45, 7) is 0. The van der Waals surface area contributed by atoms with Crippen molar-refractivity contribution in [3.63, 3.8) is 0 Å². The van der Waals surface area contributed by atoms with Gasteiger partial charge in [0.15, 0.2) is 0 Å². The number of nitrogens with zero attached hydrogens (tertiary/aromatic N) is 3. The molecule has 3 heterocycles. The SMILES string of the molecule is c1ccc(-c2cccc(-c3cccc(-n4c5ccccc5c5ccc6c7ccccc7n(-c7cc(-c8ccccc8)cc(-c8ccccc8)n7)c6c54)c3)c2)cc1. The van der Waals surface area contributed by atoms with E-state index in [1.54, 1.807) is 0 Å². The van der Waals surface area contributed by atoms with Crippen molar-refractivity contribution in [2.45, 2.75) is 0 Å². The van der Waals surface area contributed by atoms with Gasteiger partial charge in [-0.3, -0.25) is 4.57 Å². The lowest BCUT2D eigenvalue weighted by molar-refractivity contribution is 1.08. The first-order valence-corrected chi connectivity index (χ1v) is 19.1. The van der Waals surface area contributed by atoms with Gasteiger partial charge in [-0.1, -0.05) is 170 Å². The lowest BCUT2D eigenvalue weighted by Crippen LogP contribution is -2.02. The molecule has 0 saturated heterocycles. The molecule has 0 amide bonds. The number of rotatable bonds is 6. The Balaban J connectivity index is 1.22. The van der Waals surface area contributed by atoms with E-state index in [2.05, 4.69) is 221 Å². The van der Waals surface area contributed by atoms with Gasteiger partial charge in [0.1, 0.15) is 5.82 Å². The molecule has 262 valence electrons. The van der Waals surface area contributed by atoms with Crippen LogP contribution in [0.5, 0.6) is 0 Å². The summed E-state index contributed by atoms with van der Waals surface area (Å²) in [5, 5.41) is 4.81. The molecule has 3 nitrogen and oxygen atoms in total. The van der Waals surface area contributed by atoms with E-state index in [1.165, 1.54) is 43.8 Å². The molecular weight excluding hydrogens is 679 g/mol. The Labute approximate surface area is 325 Å². The molecule has 11 aromatic rings. The molecule has 0 radical (unpaired) electrons. The predicted molar refractivity (Wildman–Crippen MR) is 235 cm³/mol. The second-order valence-corrected chi connectivity index (χ2v) is 14.4. The lowest BCUT2D eigenvalue weighted by atomic mass is 9.99. The van der Waals surface area contributed by atoms with Crippen molar-refractivity contribution in [1.29, 1.82) is 0 Å². The van der Waals surface area contributed by atoms with Crippen molar-refractivity contribution in [3.05, 3.63) is 212 Å². The van der Waals surface area contributed by atoms with Gasteiger partial charge in [0, 0.05) is 32.8 Å². The maximum absolute atomic E-state index is 5.48. The molecule has 56 heavy (non-hydrogen) atoms. The quantitative estimate of drug-likeness (QED) is 0.168. The van der Waals surface area contributed by atoms with E-state index in [-0.39, 0.29) is 0 Å². The zero-order valence-corrected chi connectivity index (χ0v) is 30.5. The lowest BCUT2D eigenvalue weighted by Gasteiger charge is -2.15. The van der Waals surface area contributed by atoms with Crippen LogP contribution >= 0.6 is 0 Å². The highest BCUT2D eigenvalue weighted by Gasteiger charge is 2.22. The van der Waals surface area contributed by atoms with Crippen LogP contribution < -0.4 is 0 Å². The van der Waals surface area contributed by atoms with Crippen molar-refractivity contribution >= 4 is 43.6 Å². The largest absolute Gasteiger partial charge is 0.307 e. The second-order valence-electron chi connectivity index (χ2n) is 14.4. The fraction of sp³-hybridized carbons (Fsp3) is 0. The summed E-state index contributed by atoms with van der Waals surface area (Å²) in [5.41, 5.74) is 14.8. The number of fused-ring (bicyclic) bond motifs is 7. The Morgan fingerprint density at radius 1 is 0.286 bits per heavy atom. The van der Waals surface area contributed by atoms with Gasteiger partial charge in [-0.2, -0.15) is 0 Å². The average Bonchev–Trinajstić information content (AvgIpc) is 3.80. The average molecular weight is 714 g/mol. The van der Waals surface area contributed by atoms with Gasteiger partial charge in [0.2, 0.25) is 0 Å². The first-order valence-electron chi connectivity index (χ1n) is 19.1. The molecule has 0 aliphatic rings. The summed E-state index contributed by atoms with van der Waals surface area (Å²) in [7, 11) is 0. The van der Waals surface area contributed by atoms with Crippen molar-refractivity contribution in [2.24, 2.45) is 0 Å². The summed E-state index contributed by atoms with van der Waals surface area (Å²) in [6, 6.07) is 76.2. The number of aromatic nitrogens is 3. The van der Waals surface area contributed by atoms with Crippen LogP contribution in [0.2, 0.25) is 0 Å². The summed E-state index contributed by atoms with van der Waals surface area (Å²) < 4.78 is 4.86. The van der Waals surface area contributed by atoms with E-state index < -0.39 is 0 Å². The number of pyridine rings is 1. The molecular formula is C53H35N3. The zero-order chi connectivity index (χ0) is 37.0. The van der Waals surface area contributed by atoms with Crippen LogP contribution in [0.1, 0.15) is 0 Å². The van der Waals surface area contributed by atoms with Gasteiger partial charge in [0.25, 0.3) is 0 Å². The highest BCUT2D eigenvalue weighted by Crippen LogP contribution is 2.42. The molecule has 0 atom stereocenters. The molecule has 11 rings (SSSR count). The van der Waals surface area contributed by atoms with Gasteiger partial charge < -0.3 is 4.57 Å². The Kier molecular flexibility index (Phi) is 7.49. The number of hydrogen-bond donors (Lipinski definition) is 0. The van der Waals surface area contributed by atoms with Gasteiger partial charge in [0.05, 0.1) is 27.8 Å². The smallest absolute Gasteiger partial charge is 0.138 e. The minimum atomic E-state index is 0.882. The summed E-state index contributed by atoms with van der Waals surface area (Å²) >= 11 is 0. The third kappa shape index (κ3) is 5.25. The first-order chi connectivity index (χ1) is 27.8. The molecule has 3 heteroatoms. The van der Waals surface area contributed by atoms with Crippen LogP contribution in [0.3, 0.4) is 0 Å². The summed E-state index contributed by atoms with van der Waals surface area (Å²) in [5.74, 6) is 0.882. The fourth-order valence-corrected chi connectivity index (χ4v) is 8.52. The summed E-state index contributed by atoms with van der Waals surface area (Å²) in [6.07, 6.45) is 0. The van der Waals surface area contributed by atoms with Crippen molar-refractivity contribution in [2.75, 3.05) is 0 Å². The van der Waals surface area contributed by atoms with E-state index in [4.69, 9.17) is 4.98 Å². The van der Waals surface area contributed by atoms with E-state index in [0.29, 0.717) is 0 Å². The molecule has 0 aliphatic heterocycles. The van der Waals surface area contributed by atoms with Crippen LogP contribution in [0.4, 0.5) is 0 Å². The van der Waals surface area contributed by atoms with Gasteiger partial charge in [-0.15, -0.1) is 0 Å². The maximum Gasteiger partial charge on any atom is 0.138 e. The van der Waals surface area contributed by atoms with E-state index in [1.807, 2.05) is 0 Å². The maximum atomic E-state index is 5.48. The molecule has 0 spiro atoms. The molecule has 0 unspecified atom stereocenters. The van der Waals surface area contributed by atoms with Gasteiger partial charge in [-0.25, -0.2) is 4.98 Å². The van der Waals surface area contributed by atoms with E-state index in [0.717, 1.165) is 56.0 Å². The standard InChI is InChI=1S/C53H35N3/c1-4-16-36(17-5-1)39-22-14-23-40(32-39)41-24-15-25-43(33-41)55-49-28-12-10-26-44(49)46-30-31-47-45-27-11-13-29-50(45)56(53(47)52(46)55)51-35-42(37-18-6-2-7-19-37)34-48(54-51)38-20-8-3-9-21-38/h1-35H. The Morgan fingerprint density at radius 3 is 1.39 bits per heavy atom. The molecule has 0 saturated carbocycles. The molecule has 8 aromatic carbocycles. The number of hydrogen-bond acceptors (Lipinski definition) is 1. The van der Waals surface area contributed by atoms with Gasteiger partial charge >= 0.3 is 0 Å². The highest BCUT2D eigenvalue weighted by atomic mass is 15.1. The molecule has 0 aliphatic carbocycles. The van der Waals surface area contributed by atoms with E-state index >= 15 is 0 Å². The fourth-order valence-electron chi connectivity index (χ4n) is 8.52. The van der Waals surface area contributed by atoms with Crippen LogP contribution in [0.25, 0.3) is 99.8 Å². The first kappa shape index (κ1) is 32.0. The number of benzene rings is 8. The van der Waals surface area contributed by atoms with Crippen LogP contribution in [-0.4, -0.2) is 14.1 Å². The minimum absolute atomic E-state index is 0.882. The second kappa shape index (κ2) is 13.1. The van der Waals surface area contributed by atoms with Crippen molar-refractivity contribution < 1.29 is 0 Å². The Morgan fingerprint density at radius 2 is 0.750 bits per heavy atom. The third-order valence-electron chi connectivity index (χ3n) is 11.1. The topological polar surface area (TPSA) is 22.8 Å². The Hall–Kier alpha value is -7.49.